The molecule has 0 bridgehead atoms. The Morgan fingerprint density at radius 2 is 2.08 bits per heavy atom. The Hall–Kier alpha value is -1.83. The van der Waals surface area contributed by atoms with Crippen molar-refractivity contribution in [2.75, 3.05) is 42.8 Å². The Morgan fingerprint density at radius 3 is 2.73 bits per heavy atom. The highest BCUT2D eigenvalue weighted by atomic mass is 32.2. The number of aliphatic hydroxyl groups is 1. The molecule has 138 valence electrons. The molecule has 1 aromatic heterocycles. The average Bonchev–Trinajstić information content (AvgIpc) is 3.19. The molecule has 6 nitrogen and oxygen atoms in total. The average molecular weight is 372 g/mol. The predicted molar refractivity (Wildman–Crippen MR) is 104 cm³/mol. The number of β-amino-alcohol motifs (C(OH)–C–C–N with tert-alkyl or cyclic N) is 1. The zero-order valence-electron chi connectivity index (χ0n) is 14.9. The predicted octanol–water partition coefficient (Wildman–Crippen LogP) is 2.50. The maximum absolute atomic E-state index is 9.59. The minimum Gasteiger partial charge on any atom is -0.389 e. The minimum absolute atomic E-state index is 0.275. The number of thioether (sulfide) groups is 1. The lowest BCUT2D eigenvalue weighted by atomic mass is 10.0. The Morgan fingerprint density at radius 1 is 1.27 bits per heavy atom. The third-order valence-corrected chi connectivity index (χ3v) is 5.60. The zero-order chi connectivity index (χ0) is 17.9. The Labute approximate surface area is 158 Å². The summed E-state index contributed by atoms with van der Waals surface area (Å²) in [5, 5.41) is 13.0. The number of rotatable bonds is 6. The van der Waals surface area contributed by atoms with Gasteiger partial charge in [0.2, 0.25) is 5.95 Å². The smallest absolute Gasteiger partial charge is 0.227 e. The van der Waals surface area contributed by atoms with Gasteiger partial charge in [0.1, 0.15) is 5.82 Å². The monoisotopic (exact) mass is 372 g/mol. The van der Waals surface area contributed by atoms with Crippen LogP contribution in [0.25, 0.3) is 0 Å². The van der Waals surface area contributed by atoms with E-state index in [0.29, 0.717) is 38.1 Å². The lowest BCUT2D eigenvalue weighted by Gasteiger charge is -2.36. The van der Waals surface area contributed by atoms with Gasteiger partial charge >= 0.3 is 0 Å². The van der Waals surface area contributed by atoms with Crippen LogP contribution in [0.5, 0.6) is 0 Å². The second-order valence-corrected chi connectivity index (χ2v) is 7.68. The van der Waals surface area contributed by atoms with Crippen LogP contribution in [0.2, 0.25) is 0 Å². The van der Waals surface area contributed by atoms with Crippen LogP contribution in [0.1, 0.15) is 23.6 Å². The van der Waals surface area contributed by atoms with Crippen molar-refractivity contribution >= 4 is 23.5 Å². The number of benzene rings is 1. The van der Waals surface area contributed by atoms with E-state index in [0.717, 1.165) is 24.5 Å². The molecule has 2 N–H and O–H groups in total. The molecule has 0 saturated carbocycles. The van der Waals surface area contributed by atoms with Crippen molar-refractivity contribution in [3.63, 3.8) is 0 Å². The molecular formula is C19H24N4O2S. The number of aliphatic hydroxyl groups excluding tert-OH is 1. The number of hydrogen-bond donors (Lipinski definition) is 2. The van der Waals surface area contributed by atoms with Gasteiger partial charge in [-0.3, -0.25) is 0 Å². The van der Waals surface area contributed by atoms with E-state index in [1.165, 1.54) is 10.5 Å². The highest BCUT2D eigenvalue weighted by molar-refractivity contribution is 7.98. The molecule has 1 aromatic carbocycles. The van der Waals surface area contributed by atoms with Crippen LogP contribution in [0.3, 0.4) is 0 Å². The molecule has 26 heavy (non-hydrogen) atoms. The highest BCUT2D eigenvalue weighted by Gasteiger charge is 2.28. The SMILES string of the molecule is CSc1ccc(CNc2cc([C@H]3CCOC3)nc(N3CC(O)C3)n2)cc1. The first-order valence-corrected chi connectivity index (χ1v) is 10.2. The van der Waals surface area contributed by atoms with E-state index in [2.05, 4.69) is 40.8 Å². The van der Waals surface area contributed by atoms with E-state index in [4.69, 9.17) is 9.72 Å². The minimum atomic E-state index is -0.275. The molecular weight excluding hydrogens is 348 g/mol. The van der Waals surface area contributed by atoms with Crippen molar-refractivity contribution in [2.24, 2.45) is 0 Å². The van der Waals surface area contributed by atoms with Crippen molar-refractivity contribution in [1.29, 1.82) is 0 Å². The molecule has 0 radical (unpaired) electrons. The first-order chi connectivity index (χ1) is 12.7. The topological polar surface area (TPSA) is 70.5 Å². The third kappa shape index (κ3) is 3.95. The second kappa shape index (κ2) is 7.82. The summed E-state index contributed by atoms with van der Waals surface area (Å²) in [5.41, 5.74) is 2.24. The highest BCUT2D eigenvalue weighted by Crippen LogP contribution is 2.28. The third-order valence-electron chi connectivity index (χ3n) is 4.86. The van der Waals surface area contributed by atoms with Gasteiger partial charge in [-0.25, -0.2) is 4.98 Å². The maximum Gasteiger partial charge on any atom is 0.227 e. The molecule has 0 amide bonds. The quantitative estimate of drug-likeness (QED) is 0.755. The largest absolute Gasteiger partial charge is 0.389 e. The number of nitrogens with zero attached hydrogens (tertiary/aromatic N) is 3. The summed E-state index contributed by atoms with van der Waals surface area (Å²) in [6, 6.07) is 10.6. The van der Waals surface area contributed by atoms with E-state index >= 15 is 0 Å². The number of aromatic nitrogens is 2. The molecule has 2 saturated heterocycles. The van der Waals surface area contributed by atoms with E-state index in [9.17, 15) is 5.11 Å². The lowest BCUT2D eigenvalue weighted by molar-refractivity contribution is 0.140. The summed E-state index contributed by atoms with van der Waals surface area (Å²) in [6.07, 6.45) is 2.80. The molecule has 2 aliphatic heterocycles. The number of ether oxygens (including phenoxy) is 1. The molecule has 2 aromatic rings. The van der Waals surface area contributed by atoms with E-state index in [-0.39, 0.29) is 6.10 Å². The number of nitrogens with one attached hydrogen (secondary N) is 1. The Kier molecular flexibility index (Phi) is 5.28. The molecule has 2 aliphatic rings. The molecule has 7 heteroatoms. The van der Waals surface area contributed by atoms with Gasteiger partial charge in [-0.1, -0.05) is 12.1 Å². The summed E-state index contributed by atoms with van der Waals surface area (Å²) in [4.78, 5) is 12.7. The number of hydrogen-bond acceptors (Lipinski definition) is 7. The van der Waals surface area contributed by atoms with Crippen LogP contribution >= 0.6 is 11.8 Å². The van der Waals surface area contributed by atoms with E-state index < -0.39 is 0 Å². The number of anilines is 2. The fourth-order valence-electron chi connectivity index (χ4n) is 3.22. The van der Waals surface area contributed by atoms with Gasteiger partial charge in [0, 0.05) is 43.1 Å². The van der Waals surface area contributed by atoms with Crippen molar-refractivity contribution in [3.8, 4) is 0 Å². The molecule has 4 rings (SSSR count). The Balaban J connectivity index is 1.51. The van der Waals surface area contributed by atoms with Crippen molar-refractivity contribution < 1.29 is 9.84 Å². The molecule has 0 unspecified atom stereocenters. The van der Waals surface area contributed by atoms with Gasteiger partial charge in [-0.05, 0) is 30.4 Å². The van der Waals surface area contributed by atoms with Gasteiger partial charge < -0.3 is 20.1 Å². The van der Waals surface area contributed by atoms with Crippen LogP contribution in [0, 0.1) is 0 Å². The summed E-state index contributed by atoms with van der Waals surface area (Å²) < 4.78 is 5.52. The van der Waals surface area contributed by atoms with E-state index in [1.54, 1.807) is 11.8 Å². The Bertz CT molecular complexity index is 744. The van der Waals surface area contributed by atoms with Gasteiger partial charge in [0.25, 0.3) is 0 Å². The van der Waals surface area contributed by atoms with E-state index in [1.807, 2.05) is 11.0 Å². The normalized spacial score (nSPS) is 20.2. The lowest BCUT2D eigenvalue weighted by Crippen LogP contribution is -2.51. The zero-order valence-corrected chi connectivity index (χ0v) is 15.7. The van der Waals surface area contributed by atoms with Crippen LogP contribution in [0.4, 0.5) is 11.8 Å². The first kappa shape index (κ1) is 17.6. The summed E-state index contributed by atoms with van der Waals surface area (Å²) in [7, 11) is 0. The van der Waals surface area contributed by atoms with Crippen LogP contribution in [-0.2, 0) is 11.3 Å². The van der Waals surface area contributed by atoms with Gasteiger partial charge in [0.05, 0.1) is 18.4 Å². The van der Waals surface area contributed by atoms with Crippen LogP contribution in [-0.4, -0.2) is 53.7 Å². The van der Waals surface area contributed by atoms with Gasteiger partial charge in [-0.2, -0.15) is 4.98 Å². The molecule has 1 atom stereocenters. The second-order valence-electron chi connectivity index (χ2n) is 6.80. The molecule has 3 heterocycles. The molecule has 2 fully saturated rings. The van der Waals surface area contributed by atoms with Gasteiger partial charge in [-0.15, -0.1) is 11.8 Å². The summed E-state index contributed by atoms with van der Waals surface area (Å²) in [5.74, 6) is 1.84. The molecule has 0 aliphatic carbocycles. The van der Waals surface area contributed by atoms with Crippen molar-refractivity contribution in [3.05, 3.63) is 41.6 Å². The van der Waals surface area contributed by atoms with Crippen molar-refractivity contribution in [2.45, 2.75) is 29.9 Å². The van der Waals surface area contributed by atoms with Crippen molar-refractivity contribution in [1.82, 2.24) is 9.97 Å². The standard InChI is InChI=1S/C19H24N4O2S/c1-26-16-4-2-13(3-5-16)9-20-18-8-17(14-6-7-25-12-14)21-19(22-18)23-10-15(24)11-23/h2-5,8,14-15,24H,6-7,9-12H2,1H3,(H,20,21,22)/t14-/m0/s1. The first-order valence-electron chi connectivity index (χ1n) is 8.98. The van der Waals surface area contributed by atoms with Crippen LogP contribution in [0.15, 0.2) is 35.2 Å². The fraction of sp³-hybridized carbons (Fsp3) is 0.474. The maximum atomic E-state index is 9.59. The van der Waals surface area contributed by atoms with Gasteiger partial charge in [0.15, 0.2) is 0 Å². The summed E-state index contributed by atoms with van der Waals surface area (Å²) >= 11 is 1.74. The summed E-state index contributed by atoms with van der Waals surface area (Å²) in [6.45, 7) is 3.42. The fourth-order valence-corrected chi connectivity index (χ4v) is 3.62. The van der Waals surface area contributed by atoms with Crippen LogP contribution < -0.4 is 10.2 Å². The molecule has 0 spiro atoms.